The quantitative estimate of drug-likeness (QED) is 0.451. The molecule has 2 N–H and O–H groups in total. The number of unbranched alkanes of at least 4 members (excludes halogenated alkanes) is 1. The van der Waals surface area contributed by atoms with Crippen LogP contribution in [0.2, 0.25) is 0 Å². The molecule has 11 heteroatoms. The molecule has 1 heterocycles. The molecule has 1 aromatic heterocycles. The largest absolute Gasteiger partial charge is 0.319 e. The molecule has 0 saturated heterocycles. The number of nitrogens with two attached hydrogens (primary N) is 1. The molecule has 27 heavy (non-hydrogen) atoms. The van der Waals surface area contributed by atoms with Gasteiger partial charge in [0.1, 0.15) is 0 Å². The van der Waals surface area contributed by atoms with E-state index in [2.05, 4.69) is 16.5 Å². The van der Waals surface area contributed by atoms with Gasteiger partial charge in [-0.3, -0.25) is 0 Å². The van der Waals surface area contributed by atoms with Crippen molar-refractivity contribution in [3.8, 4) is 0 Å². The highest BCUT2D eigenvalue weighted by Crippen LogP contribution is 2.27. The van der Waals surface area contributed by atoms with Crippen LogP contribution in [0.4, 0.5) is 0 Å². The van der Waals surface area contributed by atoms with E-state index in [1.807, 2.05) is 0 Å². The number of thioether (sulfide) groups is 1. The Bertz CT molecular complexity index is 998. The molecule has 1 aromatic carbocycles. The minimum Gasteiger partial charge on any atom is -0.319 e. The van der Waals surface area contributed by atoms with Crippen LogP contribution in [-0.4, -0.2) is 56.3 Å². The molecule has 0 aliphatic heterocycles. The minimum absolute atomic E-state index is 0.0690. The normalized spacial score (nSPS) is 12.9. The highest BCUT2D eigenvalue weighted by atomic mass is 32.2. The lowest BCUT2D eigenvalue weighted by molar-refractivity contribution is 0.521. The number of primary sulfonamides is 1. The number of aromatic nitrogens is 2. The molecule has 0 aliphatic rings. The number of imidazole rings is 1. The van der Waals surface area contributed by atoms with Crippen molar-refractivity contribution in [3.63, 3.8) is 0 Å². The number of nitrogens with zero attached hydrogens (tertiary/aromatic N) is 3. The molecule has 0 radical (unpaired) electrons. The molecule has 0 aliphatic carbocycles. The summed E-state index contributed by atoms with van der Waals surface area (Å²) >= 11 is 1.46. The summed E-state index contributed by atoms with van der Waals surface area (Å²) in [6.45, 7) is 2.87. The monoisotopic (exact) mass is 434 g/mol. The molecule has 2 rings (SSSR count). The summed E-state index contributed by atoms with van der Waals surface area (Å²) in [5.41, 5.74) is 1.48. The number of benzene rings is 1. The van der Waals surface area contributed by atoms with Crippen LogP contribution >= 0.6 is 11.8 Å². The van der Waals surface area contributed by atoms with Gasteiger partial charge in [0.2, 0.25) is 20.0 Å². The van der Waals surface area contributed by atoms with E-state index in [-0.39, 0.29) is 10.6 Å². The lowest BCUT2D eigenvalue weighted by Gasteiger charge is -2.11. The van der Waals surface area contributed by atoms with E-state index >= 15 is 0 Å². The van der Waals surface area contributed by atoms with Crippen molar-refractivity contribution in [2.45, 2.75) is 42.8 Å². The van der Waals surface area contributed by atoms with Gasteiger partial charge in [-0.05, 0) is 31.0 Å². The maximum absolute atomic E-state index is 12.4. The zero-order valence-electron chi connectivity index (χ0n) is 15.8. The van der Waals surface area contributed by atoms with Crippen molar-refractivity contribution in [1.29, 1.82) is 0 Å². The fraction of sp³-hybridized carbons (Fsp3) is 0.562. The van der Waals surface area contributed by atoms with Crippen LogP contribution in [0, 0.1) is 0 Å². The molecular weight excluding hydrogens is 408 g/mol. The van der Waals surface area contributed by atoms with Crippen molar-refractivity contribution in [2.24, 2.45) is 5.14 Å². The summed E-state index contributed by atoms with van der Waals surface area (Å²) in [7, 11) is -4.01. The van der Waals surface area contributed by atoms with Crippen LogP contribution in [0.1, 0.15) is 26.2 Å². The first-order chi connectivity index (χ1) is 12.6. The first-order valence-corrected chi connectivity index (χ1v) is 12.8. The van der Waals surface area contributed by atoms with Crippen LogP contribution in [0.3, 0.4) is 0 Å². The molecule has 0 saturated carbocycles. The van der Waals surface area contributed by atoms with Crippen molar-refractivity contribution in [3.05, 3.63) is 18.2 Å². The highest BCUT2D eigenvalue weighted by molar-refractivity contribution is 7.99. The van der Waals surface area contributed by atoms with Gasteiger partial charge >= 0.3 is 0 Å². The zero-order valence-corrected chi connectivity index (χ0v) is 18.2. The molecule has 8 nitrogen and oxygen atoms in total. The summed E-state index contributed by atoms with van der Waals surface area (Å²) < 4.78 is 50.1. The van der Waals surface area contributed by atoms with E-state index in [0.717, 1.165) is 30.1 Å². The molecule has 2 aromatic rings. The summed E-state index contributed by atoms with van der Waals surface area (Å²) in [6, 6.07) is 4.96. The third kappa shape index (κ3) is 5.67. The van der Waals surface area contributed by atoms with Crippen molar-refractivity contribution in [2.75, 3.05) is 25.6 Å². The number of sulfonamides is 2. The molecule has 0 unspecified atom stereocenters. The van der Waals surface area contributed by atoms with E-state index < -0.39 is 20.0 Å². The van der Waals surface area contributed by atoms with Gasteiger partial charge in [-0.1, -0.05) is 25.1 Å². The molecule has 0 spiro atoms. The summed E-state index contributed by atoms with van der Waals surface area (Å²) in [4.78, 5) is 4.80. The number of hydrogen-bond donors (Lipinski definition) is 1. The number of aryl methyl sites for hydroxylation is 1. The zero-order chi connectivity index (χ0) is 20.2. The molecule has 0 fully saturated rings. The van der Waals surface area contributed by atoms with Gasteiger partial charge < -0.3 is 4.57 Å². The van der Waals surface area contributed by atoms with Gasteiger partial charge in [0.25, 0.3) is 0 Å². The Balaban J connectivity index is 2.34. The van der Waals surface area contributed by atoms with Gasteiger partial charge in [-0.15, -0.1) is 0 Å². The third-order valence-electron chi connectivity index (χ3n) is 4.00. The predicted octanol–water partition coefficient (Wildman–Crippen LogP) is 1.86. The van der Waals surface area contributed by atoms with Crippen LogP contribution in [0.15, 0.2) is 28.3 Å². The highest BCUT2D eigenvalue weighted by Gasteiger charge is 2.20. The van der Waals surface area contributed by atoms with Gasteiger partial charge in [-0.2, -0.15) is 0 Å². The van der Waals surface area contributed by atoms with Gasteiger partial charge in [0.15, 0.2) is 5.16 Å². The second-order valence-electron chi connectivity index (χ2n) is 6.41. The molecule has 0 atom stereocenters. The number of hydrogen-bond acceptors (Lipinski definition) is 6. The van der Waals surface area contributed by atoms with E-state index in [4.69, 9.17) is 5.14 Å². The Morgan fingerprint density at radius 2 is 1.89 bits per heavy atom. The summed E-state index contributed by atoms with van der Waals surface area (Å²) in [5.74, 6) is 0.495. The first kappa shape index (κ1) is 22.2. The standard InChI is InChI=1S/C16H26N4O4S3/c1-4-5-9-20-15-8-7-13(27(23,24)19(2)3)12-14(15)18-16(20)25-10-6-11-26(17,21)22/h7-8,12H,4-6,9-11H2,1-3H3,(H2,17,21,22). The van der Waals surface area contributed by atoms with Crippen LogP contribution in [0.25, 0.3) is 11.0 Å². The predicted molar refractivity (Wildman–Crippen MR) is 109 cm³/mol. The van der Waals surface area contributed by atoms with E-state index in [0.29, 0.717) is 17.7 Å². The lowest BCUT2D eigenvalue weighted by atomic mass is 10.3. The van der Waals surface area contributed by atoms with Crippen molar-refractivity contribution in [1.82, 2.24) is 13.9 Å². The van der Waals surface area contributed by atoms with Crippen molar-refractivity contribution >= 4 is 42.8 Å². The van der Waals surface area contributed by atoms with Crippen LogP contribution in [0.5, 0.6) is 0 Å². The molecule has 0 bridgehead atoms. The SMILES string of the molecule is CCCCn1c(SCCCS(N)(=O)=O)nc2cc(S(=O)(=O)N(C)C)ccc21. The van der Waals surface area contributed by atoms with E-state index in [1.165, 1.54) is 30.2 Å². The van der Waals surface area contributed by atoms with E-state index in [1.54, 1.807) is 18.2 Å². The summed E-state index contributed by atoms with van der Waals surface area (Å²) in [5, 5.41) is 5.79. The average Bonchev–Trinajstić information content (AvgIpc) is 2.92. The Morgan fingerprint density at radius 1 is 1.19 bits per heavy atom. The number of fused-ring (bicyclic) bond motifs is 1. The molecule has 152 valence electrons. The Labute approximate surface area is 165 Å². The Hall–Kier alpha value is -1.14. The molecular formula is C16H26N4O4S3. The summed E-state index contributed by atoms with van der Waals surface area (Å²) in [6.07, 6.45) is 2.41. The topological polar surface area (TPSA) is 115 Å². The fourth-order valence-electron chi connectivity index (χ4n) is 2.52. The third-order valence-corrected chi connectivity index (χ3v) is 7.73. The van der Waals surface area contributed by atoms with Gasteiger partial charge in [0.05, 0.1) is 21.7 Å². The van der Waals surface area contributed by atoms with Crippen molar-refractivity contribution < 1.29 is 16.8 Å². The minimum atomic E-state index is -3.53. The second-order valence-corrected chi connectivity index (χ2v) is 11.4. The van der Waals surface area contributed by atoms with E-state index in [9.17, 15) is 16.8 Å². The molecule has 0 amide bonds. The maximum atomic E-state index is 12.4. The Kier molecular flexibility index (Phi) is 7.31. The smallest absolute Gasteiger partial charge is 0.242 e. The van der Waals surface area contributed by atoms with Gasteiger partial charge in [0, 0.05) is 26.4 Å². The maximum Gasteiger partial charge on any atom is 0.242 e. The van der Waals surface area contributed by atoms with Crippen LogP contribution in [-0.2, 0) is 26.6 Å². The second kappa shape index (κ2) is 8.91. The number of rotatable bonds is 10. The average molecular weight is 435 g/mol. The van der Waals surface area contributed by atoms with Gasteiger partial charge in [-0.25, -0.2) is 31.3 Å². The Morgan fingerprint density at radius 3 is 2.48 bits per heavy atom. The first-order valence-electron chi connectivity index (χ1n) is 8.62. The van der Waals surface area contributed by atoms with Crippen LogP contribution < -0.4 is 5.14 Å². The lowest BCUT2D eigenvalue weighted by Crippen LogP contribution is -2.22. The fourth-order valence-corrected chi connectivity index (χ4v) is 5.16.